The standard InChI is InChI=1S/C6H11N.ClH/c1-2-5(1)6-3-7-4-6;/h5-7H,1-4H2;1H. The molecule has 0 aromatic heterocycles. The Morgan fingerprint density at radius 2 is 1.62 bits per heavy atom. The van der Waals surface area contributed by atoms with Crippen molar-refractivity contribution in [2.24, 2.45) is 11.8 Å². The predicted molar refractivity (Wildman–Crippen MR) is 36.3 cm³/mol. The summed E-state index contributed by atoms with van der Waals surface area (Å²) in [7, 11) is 0. The van der Waals surface area contributed by atoms with Crippen LogP contribution in [0.25, 0.3) is 0 Å². The minimum absolute atomic E-state index is 0. The highest BCUT2D eigenvalue weighted by Crippen LogP contribution is 2.38. The fourth-order valence-electron chi connectivity index (χ4n) is 1.21. The SMILES string of the molecule is C1CC1C1CNC1.Cl. The number of hydrogen-bond acceptors (Lipinski definition) is 1. The minimum atomic E-state index is 0. The fourth-order valence-corrected chi connectivity index (χ4v) is 1.21. The van der Waals surface area contributed by atoms with Crippen molar-refractivity contribution in [2.45, 2.75) is 12.8 Å². The van der Waals surface area contributed by atoms with Gasteiger partial charge in [0.1, 0.15) is 0 Å². The van der Waals surface area contributed by atoms with E-state index >= 15 is 0 Å². The molecule has 2 rings (SSSR count). The first-order chi connectivity index (χ1) is 3.47. The van der Waals surface area contributed by atoms with E-state index in [0.29, 0.717) is 0 Å². The van der Waals surface area contributed by atoms with Crippen molar-refractivity contribution in [3.8, 4) is 0 Å². The van der Waals surface area contributed by atoms with E-state index in [2.05, 4.69) is 5.32 Å². The summed E-state index contributed by atoms with van der Waals surface area (Å²) in [4.78, 5) is 0. The maximum absolute atomic E-state index is 3.28. The molecule has 2 aliphatic rings. The zero-order valence-electron chi connectivity index (χ0n) is 4.89. The summed E-state index contributed by atoms with van der Waals surface area (Å²) in [5.74, 6) is 2.22. The second kappa shape index (κ2) is 2.24. The molecule has 0 bridgehead atoms. The topological polar surface area (TPSA) is 12.0 Å². The van der Waals surface area contributed by atoms with Gasteiger partial charge in [-0.2, -0.15) is 0 Å². The first-order valence-corrected chi connectivity index (χ1v) is 3.17. The van der Waals surface area contributed by atoms with Crippen molar-refractivity contribution in [1.29, 1.82) is 0 Å². The van der Waals surface area contributed by atoms with E-state index in [9.17, 15) is 0 Å². The smallest absolute Gasteiger partial charge is 0.000559 e. The lowest BCUT2D eigenvalue weighted by molar-refractivity contribution is 0.309. The first kappa shape index (κ1) is 6.37. The summed E-state index contributed by atoms with van der Waals surface area (Å²) < 4.78 is 0. The number of hydrogen-bond donors (Lipinski definition) is 1. The first-order valence-electron chi connectivity index (χ1n) is 3.17. The van der Waals surface area contributed by atoms with Gasteiger partial charge in [0, 0.05) is 0 Å². The quantitative estimate of drug-likeness (QED) is 0.564. The molecule has 1 aliphatic carbocycles. The molecule has 0 aromatic carbocycles. The lowest BCUT2D eigenvalue weighted by atomic mass is 9.98. The van der Waals surface area contributed by atoms with Crippen molar-refractivity contribution in [3.63, 3.8) is 0 Å². The third kappa shape index (κ3) is 0.981. The van der Waals surface area contributed by atoms with Crippen molar-refractivity contribution in [1.82, 2.24) is 5.32 Å². The molecule has 1 saturated carbocycles. The van der Waals surface area contributed by atoms with Gasteiger partial charge in [0.2, 0.25) is 0 Å². The van der Waals surface area contributed by atoms with Crippen molar-refractivity contribution in [2.75, 3.05) is 13.1 Å². The lowest BCUT2D eigenvalue weighted by Crippen LogP contribution is -2.43. The van der Waals surface area contributed by atoms with Gasteiger partial charge in [0.05, 0.1) is 0 Å². The van der Waals surface area contributed by atoms with Crippen molar-refractivity contribution in [3.05, 3.63) is 0 Å². The summed E-state index contributed by atoms with van der Waals surface area (Å²) in [5, 5.41) is 3.28. The largest absolute Gasteiger partial charge is 0.316 e. The molecule has 1 N–H and O–H groups in total. The third-order valence-corrected chi connectivity index (χ3v) is 2.10. The fraction of sp³-hybridized carbons (Fsp3) is 1.00. The molecule has 48 valence electrons. The third-order valence-electron chi connectivity index (χ3n) is 2.10. The molecule has 1 saturated heterocycles. The number of nitrogens with one attached hydrogen (secondary N) is 1. The zero-order valence-corrected chi connectivity index (χ0v) is 5.71. The molecule has 8 heavy (non-hydrogen) atoms. The van der Waals surface area contributed by atoms with Gasteiger partial charge in [-0.05, 0) is 37.8 Å². The van der Waals surface area contributed by atoms with E-state index in [1.807, 2.05) is 0 Å². The van der Waals surface area contributed by atoms with Gasteiger partial charge in [0.25, 0.3) is 0 Å². The zero-order chi connectivity index (χ0) is 4.69. The lowest BCUT2D eigenvalue weighted by Gasteiger charge is -2.26. The molecule has 0 spiro atoms. The Bertz CT molecular complexity index is 76.6. The second-order valence-electron chi connectivity index (χ2n) is 2.76. The average molecular weight is 134 g/mol. The van der Waals surface area contributed by atoms with Gasteiger partial charge in [0.15, 0.2) is 0 Å². The summed E-state index contributed by atoms with van der Waals surface area (Å²) in [6.45, 7) is 2.62. The van der Waals surface area contributed by atoms with Crippen LogP contribution in [0.3, 0.4) is 0 Å². The Hall–Kier alpha value is 0.250. The van der Waals surface area contributed by atoms with Crippen LogP contribution in [0.15, 0.2) is 0 Å². The van der Waals surface area contributed by atoms with E-state index in [4.69, 9.17) is 0 Å². The molecule has 1 heterocycles. The summed E-state index contributed by atoms with van der Waals surface area (Å²) in [5.41, 5.74) is 0. The molecule has 1 aliphatic heterocycles. The number of halogens is 1. The maximum Gasteiger partial charge on any atom is -0.000559 e. The molecule has 2 heteroatoms. The van der Waals surface area contributed by atoms with Crippen LogP contribution in [-0.2, 0) is 0 Å². The van der Waals surface area contributed by atoms with Crippen molar-refractivity contribution >= 4 is 12.4 Å². The Morgan fingerprint density at radius 3 is 1.75 bits per heavy atom. The van der Waals surface area contributed by atoms with E-state index in [1.165, 1.54) is 25.9 Å². The Morgan fingerprint density at radius 1 is 1.00 bits per heavy atom. The summed E-state index contributed by atoms with van der Waals surface area (Å²) >= 11 is 0. The summed E-state index contributed by atoms with van der Waals surface area (Å²) in [6.07, 6.45) is 3.04. The minimum Gasteiger partial charge on any atom is -0.316 e. The Balaban J connectivity index is 0.000000320. The Labute approximate surface area is 56.3 Å². The van der Waals surface area contributed by atoms with E-state index in [-0.39, 0.29) is 12.4 Å². The van der Waals surface area contributed by atoms with Crippen LogP contribution in [-0.4, -0.2) is 13.1 Å². The van der Waals surface area contributed by atoms with Crippen molar-refractivity contribution < 1.29 is 0 Å². The molecular weight excluding hydrogens is 122 g/mol. The van der Waals surface area contributed by atoms with Gasteiger partial charge in [-0.25, -0.2) is 0 Å². The maximum atomic E-state index is 3.28. The summed E-state index contributed by atoms with van der Waals surface area (Å²) in [6, 6.07) is 0. The number of rotatable bonds is 1. The molecular formula is C6H12ClN. The molecule has 0 atom stereocenters. The van der Waals surface area contributed by atoms with Crippen LogP contribution in [0.4, 0.5) is 0 Å². The Kier molecular flexibility index (Phi) is 1.78. The van der Waals surface area contributed by atoms with Gasteiger partial charge in [-0.3, -0.25) is 0 Å². The monoisotopic (exact) mass is 133 g/mol. The van der Waals surface area contributed by atoms with E-state index in [1.54, 1.807) is 0 Å². The normalized spacial score (nSPS) is 28.5. The van der Waals surface area contributed by atoms with Crippen LogP contribution in [0.5, 0.6) is 0 Å². The molecule has 2 fully saturated rings. The van der Waals surface area contributed by atoms with Gasteiger partial charge < -0.3 is 5.32 Å². The van der Waals surface area contributed by atoms with Gasteiger partial charge >= 0.3 is 0 Å². The molecule has 1 nitrogen and oxygen atoms in total. The van der Waals surface area contributed by atoms with Gasteiger partial charge in [-0.15, -0.1) is 12.4 Å². The van der Waals surface area contributed by atoms with Crippen LogP contribution in [0, 0.1) is 11.8 Å². The molecule has 0 radical (unpaired) electrons. The highest BCUT2D eigenvalue weighted by molar-refractivity contribution is 5.85. The van der Waals surface area contributed by atoms with Crippen LogP contribution < -0.4 is 5.32 Å². The molecule has 0 aromatic rings. The highest BCUT2D eigenvalue weighted by Gasteiger charge is 2.34. The molecule has 0 unspecified atom stereocenters. The second-order valence-corrected chi connectivity index (χ2v) is 2.76. The predicted octanol–water partition coefficient (Wildman–Crippen LogP) is 1.04. The average Bonchev–Trinajstić information content (AvgIpc) is 2.10. The highest BCUT2D eigenvalue weighted by atomic mass is 35.5. The van der Waals surface area contributed by atoms with E-state index < -0.39 is 0 Å². The molecule has 0 amide bonds. The van der Waals surface area contributed by atoms with Crippen LogP contribution in [0.2, 0.25) is 0 Å². The van der Waals surface area contributed by atoms with Crippen LogP contribution >= 0.6 is 12.4 Å². The van der Waals surface area contributed by atoms with E-state index in [0.717, 1.165) is 11.8 Å². The van der Waals surface area contributed by atoms with Crippen LogP contribution in [0.1, 0.15) is 12.8 Å². The van der Waals surface area contributed by atoms with Gasteiger partial charge in [-0.1, -0.05) is 0 Å².